The van der Waals surface area contributed by atoms with Crippen LogP contribution in [-0.2, 0) is 24.5 Å². The molecule has 0 amide bonds. The van der Waals surface area contributed by atoms with Gasteiger partial charge in [0, 0.05) is 19.6 Å². The number of piperidine rings is 1. The predicted molar refractivity (Wildman–Crippen MR) is 71.5 cm³/mol. The Hall–Kier alpha value is -1.23. The standard InChI is InChI=1S/C11H20N2O7S/c1-2-20-11(17)8-3-5-13(6-4-8)21(18,19)12-7-9(14)10(15)16/h8-9,12,14H,2-7H2,1H3,(H,15,16)/t9-/m0/s1. The summed E-state index contributed by atoms with van der Waals surface area (Å²) in [7, 11) is -3.87. The number of hydrogen-bond donors (Lipinski definition) is 3. The van der Waals surface area contributed by atoms with Crippen molar-refractivity contribution in [1.82, 2.24) is 9.03 Å². The monoisotopic (exact) mass is 324 g/mol. The van der Waals surface area contributed by atoms with E-state index in [1.807, 2.05) is 4.72 Å². The lowest BCUT2D eigenvalue weighted by Gasteiger charge is -2.30. The van der Waals surface area contributed by atoms with Gasteiger partial charge >= 0.3 is 11.9 Å². The molecule has 21 heavy (non-hydrogen) atoms. The summed E-state index contributed by atoms with van der Waals surface area (Å²) in [5, 5.41) is 17.5. The third kappa shape index (κ3) is 5.23. The number of nitrogens with zero attached hydrogens (tertiary/aromatic N) is 1. The number of esters is 1. The van der Waals surface area contributed by atoms with Crippen molar-refractivity contribution in [1.29, 1.82) is 0 Å². The van der Waals surface area contributed by atoms with Crippen molar-refractivity contribution in [2.24, 2.45) is 5.92 Å². The van der Waals surface area contributed by atoms with E-state index in [9.17, 15) is 18.0 Å². The summed E-state index contributed by atoms with van der Waals surface area (Å²) in [6.07, 6.45) is -1.10. The first-order chi connectivity index (χ1) is 9.77. The molecule has 10 heteroatoms. The summed E-state index contributed by atoms with van der Waals surface area (Å²) in [6, 6.07) is 0. The van der Waals surface area contributed by atoms with Gasteiger partial charge in [0.05, 0.1) is 12.5 Å². The average Bonchev–Trinajstić information content (AvgIpc) is 2.45. The Morgan fingerprint density at radius 1 is 1.38 bits per heavy atom. The molecule has 9 nitrogen and oxygen atoms in total. The summed E-state index contributed by atoms with van der Waals surface area (Å²) < 4.78 is 31.9. The molecule has 1 aliphatic rings. The summed E-state index contributed by atoms with van der Waals surface area (Å²) >= 11 is 0. The highest BCUT2D eigenvalue weighted by Crippen LogP contribution is 2.20. The number of aliphatic hydroxyl groups is 1. The quantitative estimate of drug-likeness (QED) is 0.487. The van der Waals surface area contributed by atoms with Crippen LogP contribution in [0.15, 0.2) is 0 Å². The molecule has 0 bridgehead atoms. The number of rotatable bonds is 7. The first kappa shape index (κ1) is 17.8. The molecule has 1 rings (SSSR count). The van der Waals surface area contributed by atoms with Crippen LogP contribution < -0.4 is 4.72 Å². The summed E-state index contributed by atoms with van der Waals surface area (Å²) in [4.78, 5) is 22.0. The molecule has 0 aromatic heterocycles. The number of carbonyl (C=O) groups excluding carboxylic acids is 1. The molecule has 0 aliphatic carbocycles. The Bertz CT molecular complexity index is 471. The molecule has 0 spiro atoms. The largest absolute Gasteiger partial charge is 0.479 e. The zero-order valence-electron chi connectivity index (χ0n) is 11.7. The molecule has 1 fully saturated rings. The molecule has 122 valence electrons. The van der Waals surface area contributed by atoms with Crippen LogP contribution in [0, 0.1) is 5.92 Å². The van der Waals surface area contributed by atoms with Gasteiger partial charge in [0.2, 0.25) is 0 Å². The van der Waals surface area contributed by atoms with Crippen LogP contribution >= 0.6 is 0 Å². The predicted octanol–water partition coefficient (Wildman–Crippen LogP) is -1.46. The maximum Gasteiger partial charge on any atom is 0.333 e. The molecular formula is C11H20N2O7S. The normalized spacial score (nSPS) is 19.1. The molecule has 1 aliphatic heterocycles. The fourth-order valence-corrected chi connectivity index (χ4v) is 3.20. The zero-order chi connectivity index (χ0) is 16.0. The molecule has 1 atom stereocenters. The first-order valence-corrected chi connectivity index (χ1v) is 8.04. The number of carboxylic acids is 1. The third-order valence-corrected chi connectivity index (χ3v) is 4.73. The van der Waals surface area contributed by atoms with Gasteiger partial charge in [0.15, 0.2) is 6.10 Å². The van der Waals surface area contributed by atoms with Gasteiger partial charge in [0.25, 0.3) is 10.2 Å². The van der Waals surface area contributed by atoms with Crippen molar-refractivity contribution in [3.8, 4) is 0 Å². The molecule has 1 saturated heterocycles. The van der Waals surface area contributed by atoms with E-state index < -0.39 is 28.8 Å². The van der Waals surface area contributed by atoms with Crippen LogP contribution in [0.3, 0.4) is 0 Å². The van der Waals surface area contributed by atoms with Crippen molar-refractivity contribution in [2.75, 3.05) is 26.2 Å². The minimum Gasteiger partial charge on any atom is -0.479 e. The summed E-state index contributed by atoms with van der Waals surface area (Å²) in [6.45, 7) is 1.67. The highest BCUT2D eigenvalue weighted by Gasteiger charge is 2.32. The van der Waals surface area contributed by atoms with Gasteiger partial charge in [-0.2, -0.15) is 17.4 Å². The summed E-state index contributed by atoms with van der Waals surface area (Å²) in [5.41, 5.74) is 0. The molecule has 3 N–H and O–H groups in total. The van der Waals surface area contributed by atoms with Gasteiger partial charge in [-0.3, -0.25) is 4.79 Å². The maximum absolute atomic E-state index is 11.9. The molecular weight excluding hydrogens is 304 g/mol. The van der Waals surface area contributed by atoms with Crippen molar-refractivity contribution in [2.45, 2.75) is 25.9 Å². The molecule has 0 saturated carbocycles. The van der Waals surface area contributed by atoms with Gasteiger partial charge in [0.1, 0.15) is 0 Å². The number of hydrogen-bond acceptors (Lipinski definition) is 6. The van der Waals surface area contributed by atoms with Crippen molar-refractivity contribution in [3.63, 3.8) is 0 Å². The molecule has 1 heterocycles. The molecule has 0 aromatic rings. The minimum atomic E-state index is -3.87. The third-order valence-electron chi connectivity index (χ3n) is 3.16. The Kier molecular flexibility index (Phi) is 6.52. The first-order valence-electron chi connectivity index (χ1n) is 6.60. The van der Waals surface area contributed by atoms with E-state index >= 15 is 0 Å². The van der Waals surface area contributed by atoms with Gasteiger partial charge in [-0.25, -0.2) is 4.79 Å². The second kappa shape index (κ2) is 7.69. The van der Waals surface area contributed by atoms with E-state index in [1.54, 1.807) is 6.92 Å². The lowest BCUT2D eigenvalue weighted by molar-refractivity contribution is -0.149. The van der Waals surface area contributed by atoms with E-state index in [0.717, 1.165) is 4.31 Å². The number of carboxylic acid groups (broad SMARTS) is 1. The fraction of sp³-hybridized carbons (Fsp3) is 0.818. The molecule has 0 radical (unpaired) electrons. The maximum atomic E-state index is 11.9. The smallest absolute Gasteiger partial charge is 0.333 e. The highest BCUT2D eigenvalue weighted by atomic mass is 32.2. The van der Waals surface area contributed by atoms with Crippen molar-refractivity contribution in [3.05, 3.63) is 0 Å². The van der Waals surface area contributed by atoms with Gasteiger partial charge in [-0.1, -0.05) is 0 Å². The van der Waals surface area contributed by atoms with Crippen LogP contribution in [0.5, 0.6) is 0 Å². The number of carbonyl (C=O) groups is 2. The fourth-order valence-electron chi connectivity index (χ4n) is 1.95. The van der Waals surface area contributed by atoms with Crippen LogP contribution in [0.4, 0.5) is 0 Å². The number of aliphatic carboxylic acids is 1. The Morgan fingerprint density at radius 3 is 2.43 bits per heavy atom. The Morgan fingerprint density at radius 2 is 1.95 bits per heavy atom. The van der Waals surface area contributed by atoms with E-state index in [2.05, 4.69) is 0 Å². The van der Waals surface area contributed by atoms with E-state index in [0.29, 0.717) is 12.8 Å². The Labute approximate surface area is 123 Å². The van der Waals surface area contributed by atoms with Crippen LogP contribution in [-0.4, -0.2) is 67.2 Å². The van der Waals surface area contributed by atoms with E-state index in [1.165, 1.54) is 0 Å². The zero-order valence-corrected chi connectivity index (χ0v) is 12.5. The van der Waals surface area contributed by atoms with Gasteiger partial charge < -0.3 is 14.9 Å². The van der Waals surface area contributed by atoms with Crippen LogP contribution in [0.1, 0.15) is 19.8 Å². The number of nitrogens with one attached hydrogen (secondary N) is 1. The number of aliphatic hydroxyl groups excluding tert-OH is 1. The lowest BCUT2D eigenvalue weighted by atomic mass is 9.98. The second-order valence-electron chi connectivity index (χ2n) is 4.63. The van der Waals surface area contributed by atoms with E-state index in [4.69, 9.17) is 14.9 Å². The van der Waals surface area contributed by atoms with E-state index in [-0.39, 0.29) is 31.6 Å². The van der Waals surface area contributed by atoms with Crippen molar-refractivity contribution >= 4 is 22.1 Å². The summed E-state index contributed by atoms with van der Waals surface area (Å²) in [5.74, 6) is -2.15. The minimum absolute atomic E-state index is 0.141. The highest BCUT2D eigenvalue weighted by molar-refractivity contribution is 7.87. The van der Waals surface area contributed by atoms with Gasteiger partial charge in [-0.15, -0.1) is 0 Å². The Balaban J connectivity index is 2.48. The van der Waals surface area contributed by atoms with Crippen LogP contribution in [0.25, 0.3) is 0 Å². The topological polar surface area (TPSA) is 133 Å². The van der Waals surface area contributed by atoms with Crippen LogP contribution in [0.2, 0.25) is 0 Å². The van der Waals surface area contributed by atoms with Crippen molar-refractivity contribution < 1.29 is 33.0 Å². The SMILES string of the molecule is CCOC(=O)C1CCN(S(=O)(=O)NC[C@H](O)C(=O)O)CC1. The average molecular weight is 324 g/mol. The van der Waals surface area contributed by atoms with Gasteiger partial charge in [-0.05, 0) is 19.8 Å². The number of ether oxygens (including phenoxy) is 1. The second-order valence-corrected chi connectivity index (χ2v) is 6.39. The molecule has 0 unspecified atom stereocenters. The lowest BCUT2D eigenvalue weighted by Crippen LogP contribution is -2.48. The molecule has 0 aromatic carbocycles.